The SMILES string of the molecule is CC1(Nc2ncc3nc(Nc4cccc(Cl)c4)n([C@H]4CC[C@H](CN)CC4)c3n2)CCC1. The van der Waals surface area contributed by atoms with Gasteiger partial charge in [-0.25, -0.2) is 9.97 Å². The summed E-state index contributed by atoms with van der Waals surface area (Å²) >= 11 is 6.20. The van der Waals surface area contributed by atoms with Gasteiger partial charge in [0.25, 0.3) is 0 Å². The second kappa shape index (κ2) is 8.28. The maximum Gasteiger partial charge on any atom is 0.225 e. The first-order chi connectivity index (χ1) is 15.0. The van der Waals surface area contributed by atoms with Gasteiger partial charge in [0.05, 0.1) is 6.20 Å². The fourth-order valence-corrected chi connectivity index (χ4v) is 5.01. The van der Waals surface area contributed by atoms with Crippen LogP contribution in [0.3, 0.4) is 0 Å². The van der Waals surface area contributed by atoms with Gasteiger partial charge in [-0.3, -0.25) is 4.57 Å². The molecule has 4 N–H and O–H groups in total. The van der Waals surface area contributed by atoms with Gasteiger partial charge in [-0.15, -0.1) is 0 Å². The molecule has 7 nitrogen and oxygen atoms in total. The van der Waals surface area contributed by atoms with Crippen LogP contribution in [0.1, 0.15) is 57.9 Å². The van der Waals surface area contributed by atoms with Crippen molar-refractivity contribution in [3.05, 3.63) is 35.5 Å². The second-order valence-corrected chi connectivity index (χ2v) is 9.73. The third-order valence-corrected chi connectivity index (χ3v) is 7.13. The van der Waals surface area contributed by atoms with Gasteiger partial charge in [0.2, 0.25) is 11.9 Å². The Morgan fingerprint density at radius 2 is 2.00 bits per heavy atom. The van der Waals surface area contributed by atoms with Crippen molar-refractivity contribution in [1.82, 2.24) is 19.5 Å². The summed E-state index contributed by atoms with van der Waals surface area (Å²) in [7, 11) is 0. The van der Waals surface area contributed by atoms with Crippen molar-refractivity contribution in [2.45, 2.75) is 63.5 Å². The molecule has 0 unspecified atom stereocenters. The van der Waals surface area contributed by atoms with Crippen LogP contribution >= 0.6 is 11.6 Å². The number of nitrogens with zero attached hydrogens (tertiary/aromatic N) is 4. The van der Waals surface area contributed by atoms with Crippen molar-refractivity contribution in [2.24, 2.45) is 11.7 Å². The molecule has 3 aromatic rings. The molecule has 2 fully saturated rings. The van der Waals surface area contributed by atoms with Crippen molar-refractivity contribution in [2.75, 3.05) is 17.2 Å². The average molecular weight is 440 g/mol. The minimum absolute atomic E-state index is 0.0968. The number of hydrogen-bond acceptors (Lipinski definition) is 6. The van der Waals surface area contributed by atoms with Crippen molar-refractivity contribution in [1.29, 1.82) is 0 Å². The summed E-state index contributed by atoms with van der Waals surface area (Å²) < 4.78 is 2.26. The maximum absolute atomic E-state index is 6.20. The number of fused-ring (bicyclic) bond motifs is 1. The number of halogens is 1. The first-order valence-electron chi connectivity index (χ1n) is 11.3. The lowest BCUT2D eigenvalue weighted by Gasteiger charge is -2.39. The summed E-state index contributed by atoms with van der Waals surface area (Å²) in [5, 5.41) is 7.70. The molecule has 2 aromatic heterocycles. The number of aromatic nitrogens is 4. The fourth-order valence-electron chi connectivity index (χ4n) is 4.82. The van der Waals surface area contributed by atoms with E-state index in [9.17, 15) is 0 Å². The Morgan fingerprint density at radius 3 is 2.68 bits per heavy atom. The predicted octanol–water partition coefficient (Wildman–Crippen LogP) is 5.27. The summed E-state index contributed by atoms with van der Waals surface area (Å²) in [4.78, 5) is 14.3. The first kappa shape index (κ1) is 20.5. The van der Waals surface area contributed by atoms with Crippen LogP contribution in [-0.4, -0.2) is 31.6 Å². The van der Waals surface area contributed by atoms with Gasteiger partial charge in [-0.1, -0.05) is 17.7 Å². The highest BCUT2D eigenvalue weighted by atomic mass is 35.5. The number of nitrogens with two attached hydrogens (primary N) is 1. The molecule has 0 atom stereocenters. The highest BCUT2D eigenvalue weighted by molar-refractivity contribution is 6.30. The van der Waals surface area contributed by atoms with Crippen LogP contribution in [0.2, 0.25) is 5.02 Å². The van der Waals surface area contributed by atoms with Gasteiger partial charge in [-0.2, -0.15) is 4.98 Å². The largest absolute Gasteiger partial charge is 0.349 e. The molecule has 0 bridgehead atoms. The van der Waals surface area contributed by atoms with Gasteiger partial charge in [-0.05, 0) is 82.5 Å². The molecule has 1 aromatic carbocycles. The normalized spacial score (nSPS) is 22.8. The molecule has 0 saturated heterocycles. The van der Waals surface area contributed by atoms with Crippen molar-refractivity contribution in [3.63, 3.8) is 0 Å². The molecule has 0 spiro atoms. The van der Waals surface area contributed by atoms with E-state index in [2.05, 4.69) is 27.1 Å². The van der Waals surface area contributed by atoms with Crippen LogP contribution in [0.4, 0.5) is 17.6 Å². The first-order valence-corrected chi connectivity index (χ1v) is 11.7. The summed E-state index contributed by atoms with van der Waals surface area (Å²) in [6.45, 7) is 3.00. The lowest BCUT2D eigenvalue weighted by molar-refractivity contribution is 0.284. The summed E-state index contributed by atoms with van der Waals surface area (Å²) in [5.41, 5.74) is 8.61. The molecule has 2 aliphatic rings. The Balaban J connectivity index is 1.52. The highest BCUT2D eigenvalue weighted by Gasteiger charge is 2.33. The topological polar surface area (TPSA) is 93.7 Å². The van der Waals surface area contributed by atoms with Gasteiger partial charge < -0.3 is 16.4 Å². The quantitative estimate of drug-likeness (QED) is 0.484. The van der Waals surface area contributed by atoms with E-state index in [0.717, 1.165) is 67.9 Å². The number of hydrogen-bond donors (Lipinski definition) is 3. The summed E-state index contributed by atoms with van der Waals surface area (Å²) in [6.07, 6.45) is 9.79. The van der Waals surface area contributed by atoms with Crippen LogP contribution < -0.4 is 16.4 Å². The van der Waals surface area contributed by atoms with Gasteiger partial charge >= 0.3 is 0 Å². The third kappa shape index (κ3) is 4.21. The van der Waals surface area contributed by atoms with Crippen LogP contribution in [0, 0.1) is 5.92 Å². The van der Waals surface area contributed by atoms with Gasteiger partial charge in [0.15, 0.2) is 5.65 Å². The minimum atomic E-state index is 0.0968. The zero-order valence-electron chi connectivity index (χ0n) is 17.9. The van der Waals surface area contributed by atoms with Crippen molar-refractivity contribution < 1.29 is 0 Å². The number of anilines is 3. The zero-order chi connectivity index (χ0) is 21.4. The Labute approximate surface area is 187 Å². The Kier molecular flexibility index (Phi) is 5.48. The number of nitrogens with one attached hydrogen (secondary N) is 2. The highest BCUT2D eigenvalue weighted by Crippen LogP contribution is 2.38. The molecular formula is C23H30ClN7. The molecule has 5 rings (SSSR count). The maximum atomic E-state index is 6.20. The lowest BCUT2D eigenvalue weighted by atomic mass is 9.79. The van der Waals surface area contributed by atoms with E-state index in [1.807, 2.05) is 30.5 Å². The molecule has 0 aliphatic heterocycles. The zero-order valence-corrected chi connectivity index (χ0v) is 18.7. The molecule has 8 heteroatoms. The van der Waals surface area contributed by atoms with Crippen LogP contribution in [0.5, 0.6) is 0 Å². The van der Waals surface area contributed by atoms with Crippen LogP contribution in [0.25, 0.3) is 11.2 Å². The van der Waals surface area contributed by atoms with Crippen LogP contribution in [-0.2, 0) is 0 Å². The fraction of sp³-hybridized carbons (Fsp3) is 0.522. The summed E-state index contributed by atoms with van der Waals surface area (Å²) in [5.74, 6) is 2.08. The third-order valence-electron chi connectivity index (χ3n) is 6.90. The van der Waals surface area contributed by atoms with Gasteiger partial charge in [0.1, 0.15) is 5.52 Å². The Hall–Kier alpha value is -2.38. The number of imidazole rings is 1. The second-order valence-electron chi connectivity index (χ2n) is 9.29. The predicted molar refractivity (Wildman–Crippen MR) is 126 cm³/mol. The van der Waals surface area contributed by atoms with Gasteiger partial charge in [0, 0.05) is 22.3 Å². The van der Waals surface area contributed by atoms with E-state index < -0.39 is 0 Å². The minimum Gasteiger partial charge on any atom is -0.349 e. The molecule has 2 aliphatic carbocycles. The van der Waals surface area contributed by atoms with E-state index in [4.69, 9.17) is 27.3 Å². The van der Waals surface area contributed by atoms with E-state index in [1.54, 1.807) is 0 Å². The van der Waals surface area contributed by atoms with Crippen LogP contribution in [0.15, 0.2) is 30.5 Å². The van der Waals surface area contributed by atoms with E-state index in [1.165, 1.54) is 6.42 Å². The number of benzene rings is 1. The average Bonchev–Trinajstić information content (AvgIpc) is 3.09. The smallest absolute Gasteiger partial charge is 0.225 e. The molecule has 0 amide bonds. The summed E-state index contributed by atoms with van der Waals surface area (Å²) in [6, 6.07) is 8.04. The van der Waals surface area contributed by atoms with Crippen molar-refractivity contribution >= 4 is 40.3 Å². The molecule has 164 valence electrons. The lowest BCUT2D eigenvalue weighted by Crippen LogP contribution is -2.42. The Bertz CT molecular complexity index is 1070. The van der Waals surface area contributed by atoms with E-state index in [0.29, 0.717) is 22.9 Å². The van der Waals surface area contributed by atoms with Crippen molar-refractivity contribution in [3.8, 4) is 0 Å². The molecule has 0 radical (unpaired) electrons. The monoisotopic (exact) mass is 439 g/mol. The Morgan fingerprint density at radius 1 is 1.19 bits per heavy atom. The molecular weight excluding hydrogens is 410 g/mol. The molecule has 2 saturated carbocycles. The molecule has 31 heavy (non-hydrogen) atoms. The van der Waals surface area contributed by atoms with E-state index >= 15 is 0 Å². The van der Waals surface area contributed by atoms with E-state index in [-0.39, 0.29) is 5.54 Å². The standard InChI is InChI=1S/C23H30ClN7/c1-23(10-3-11-23)30-21-26-14-19-20(29-21)31(18-8-6-15(13-25)7-9-18)22(28-19)27-17-5-2-4-16(24)12-17/h2,4-5,12,14-15,18H,3,6-11,13,25H2,1H3,(H,27,28)(H,26,29,30)/t15-,18-. The molecule has 2 heterocycles. The number of rotatable bonds is 6.